The molecule has 12 heavy (non-hydrogen) atoms. The van der Waals surface area contributed by atoms with Crippen molar-refractivity contribution in [3.63, 3.8) is 0 Å². The van der Waals surface area contributed by atoms with Gasteiger partial charge in [0.25, 0.3) is 0 Å². The Hall–Kier alpha value is -1.19. The van der Waals surface area contributed by atoms with Gasteiger partial charge in [-0.05, 0) is 28.9 Å². The van der Waals surface area contributed by atoms with Crippen molar-refractivity contribution in [1.29, 1.82) is 0 Å². The van der Waals surface area contributed by atoms with Gasteiger partial charge in [0.15, 0.2) is 4.88 Å². The van der Waals surface area contributed by atoms with Crippen LogP contribution < -0.4 is 0 Å². The molecule has 1 unspecified atom stereocenters. The third kappa shape index (κ3) is 1.24. The fourth-order valence-electron chi connectivity index (χ4n) is 1.04. The van der Waals surface area contributed by atoms with Crippen LogP contribution in [0.3, 0.4) is 0 Å². The van der Waals surface area contributed by atoms with Gasteiger partial charge in [0.05, 0.1) is 0 Å². The molecule has 0 aromatic carbocycles. The van der Waals surface area contributed by atoms with Crippen LogP contribution in [0.5, 0.6) is 0 Å². The lowest BCUT2D eigenvalue weighted by molar-refractivity contribution is 0.599. The van der Waals surface area contributed by atoms with E-state index in [0.717, 1.165) is 10.6 Å². The lowest BCUT2D eigenvalue weighted by atomic mass is 10.3. The second-order valence-corrected chi connectivity index (χ2v) is 3.68. The molecule has 0 amide bonds. The van der Waals surface area contributed by atoms with Crippen molar-refractivity contribution in [2.75, 3.05) is 0 Å². The zero-order valence-electron chi connectivity index (χ0n) is 6.31. The summed E-state index contributed by atoms with van der Waals surface area (Å²) < 4.78 is 11.3. The van der Waals surface area contributed by atoms with E-state index in [-0.39, 0.29) is 0 Å². The fourth-order valence-corrected chi connectivity index (χ4v) is 1.94. The third-order valence-electron chi connectivity index (χ3n) is 1.58. The monoisotopic (exact) mass is 177 g/mol. The molecular weight excluding hydrogens is 170 g/mol. The van der Waals surface area contributed by atoms with Gasteiger partial charge < -0.3 is 4.55 Å². The van der Waals surface area contributed by atoms with E-state index >= 15 is 0 Å². The number of rotatable bonds is 1. The Balaban J connectivity index is 2.51. The van der Waals surface area contributed by atoms with Gasteiger partial charge in [0.2, 0.25) is 0 Å². The molecule has 3 heteroatoms. The van der Waals surface area contributed by atoms with Gasteiger partial charge in [-0.3, -0.25) is 4.98 Å². The molecule has 2 nitrogen and oxygen atoms in total. The zero-order chi connectivity index (χ0) is 8.39. The first-order chi connectivity index (χ1) is 5.88. The molecule has 2 aromatic rings. The molecule has 0 radical (unpaired) electrons. The summed E-state index contributed by atoms with van der Waals surface area (Å²) in [7, 11) is -0.994. The largest absolute Gasteiger partial charge is 0.590 e. The Labute approximate surface area is 73.3 Å². The molecule has 0 saturated heterocycles. The molecule has 2 heterocycles. The predicted molar refractivity (Wildman–Crippen MR) is 48.3 cm³/mol. The highest BCUT2D eigenvalue weighted by atomic mass is 32.2. The van der Waals surface area contributed by atoms with Crippen LogP contribution >= 0.6 is 10.8 Å². The standard InChI is InChI=1S/C9H7NOS/c11-12-7-3-5-9(12)8-4-1-2-6-10-8/h1-7H. The number of pyridine rings is 1. The van der Waals surface area contributed by atoms with Crippen molar-refractivity contribution >= 4 is 10.8 Å². The Kier molecular flexibility index (Phi) is 1.89. The topological polar surface area (TPSA) is 36.0 Å². The van der Waals surface area contributed by atoms with E-state index in [1.54, 1.807) is 17.6 Å². The normalized spacial score (nSPS) is 11.6. The number of nitrogens with zero attached hydrogens (tertiary/aromatic N) is 1. The van der Waals surface area contributed by atoms with Crippen molar-refractivity contribution in [3.8, 4) is 10.6 Å². The predicted octanol–water partition coefficient (Wildman–Crippen LogP) is 2.48. The molecule has 0 aliphatic rings. The zero-order valence-corrected chi connectivity index (χ0v) is 7.12. The highest BCUT2D eigenvalue weighted by Gasteiger charge is 2.07. The molecule has 1 atom stereocenters. The molecule has 0 aliphatic carbocycles. The van der Waals surface area contributed by atoms with Crippen LogP contribution in [0.4, 0.5) is 0 Å². The van der Waals surface area contributed by atoms with Gasteiger partial charge in [0.1, 0.15) is 11.1 Å². The smallest absolute Gasteiger partial charge is 0.197 e. The molecule has 2 rings (SSSR count). The van der Waals surface area contributed by atoms with Gasteiger partial charge in [0, 0.05) is 12.3 Å². The number of hydrogen-bond acceptors (Lipinski definition) is 2. The van der Waals surface area contributed by atoms with Crippen LogP contribution in [-0.2, 0) is 0 Å². The maximum atomic E-state index is 11.3. The van der Waals surface area contributed by atoms with E-state index in [9.17, 15) is 4.55 Å². The van der Waals surface area contributed by atoms with Crippen LogP contribution in [0, 0.1) is 0 Å². The molecule has 0 saturated carbocycles. The van der Waals surface area contributed by atoms with Gasteiger partial charge in [-0.1, -0.05) is 6.07 Å². The maximum Gasteiger partial charge on any atom is 0.197 e. The molecule has 0 aliphatic heterocycles. The van der Waals surface area contributed by atoms with E-state index in [2.05, 4.69) is 4.98 Å². The van der Waals surface area contributed by atoms with E-state index in [1.165, 1.54) is 0 Å². The van der Waals surface area contributed by atoms with E-state index in [1.807, 2.05) is 24.3 Å². The summed E-state index contributed by atoms with van der Waals surface area (Å²) >= 11 is 0. The van der Waals surface area contributed by atoms with Crippen LogP contribution in [0.2, 0.25) is 0 Å². The maximum absolute atomic E-state index is 11.3. The van der Waals surface area contributed by atoms with Gasteiger partial charge in [-0.15, -0.1) is 0 Å². The summed E-state index contributed by atoms with van der Waals surface area (Å²) in [6.45, 7) is 0. The van der Waals surface area contributed by atoms with E-state index < -0.39 is 10.8 Å². The summed E-state index contributed by atoms with van der Waals surface area (Å²) in [5.41, 5.74) is 0.792. The third-order valence-corrected chi connectivity index (χ3v) is 2.77. The lowest BCUT2D eigenvalue weighted by Crippen LogP contribution is -1.77. The molecule has 0 spiro atoms. The minimum atomic E-state index is -0.994. The first-order valence-corrected chi connectivity index (χ1v) is 4.80. The van der Waals surface area contributed by atoms with E-state index in [4.69, 9.17) is 0 Å². The van der Waals surface area contributed by atoms with Crippen LogP contribution in [0.1, 0.15) is 0 Å². The van der Waals surface area contributed by atoms with Gasteiger partial charge in [-0.25, -0.2) is 0 Å². The summed E-state index contributed by atoms with van der Waals surface area (Å²) in [5, 5.41) is 1.66. The molecule has 0 bridgehead atoms. The highest BCUT2D eigenvalue weighted by Crippen LogP contribution is 2.29. The van der Waals surface area contributed by atoms with Crippen molar-refractivity contribution in [2.45, 2.75) is 0 Å². The Morgan fingerprint density at radius 3 is 2.67 bits per heavy atom. The van der Waals surface area contributed by atoms with Crippen LogP contribution in [0.15, 0.2) is 41.9 Å². The number of aromatic nitrogens is 1. The molecule has 2 aromatic heterocycles. The fraction of sp³-hybridized carbons (Fsp3) is 0. The summed E-state index contributed by atoms with van der Waals surface area (Å²) in [4.78, 5) is 4.90. The van der Waals surface area contributed by atoms with Crippen LogP contribution in [0.25, 0.3) is 10.6 Å². The summed E-state index contributed by atoms with van der Waals surface area (Å²) in [5.74, 6) is 0. The minimum Gasteiger partial charge on any atom is -0.590 e. The highest BCUT2D eigenvalue weighted by molar-refractivity contribution is 7.26. The first-order valence-electron chi connectivity index (χ1n) is 3.58. The summed E-state index contributed by atoms with van der Waals surface area (Å²) in [6.07, 6.45) is 1.70. The van der Waals surface area contributed by atoms with Crippen molar-refractivity contribution in [3.05, 3.63) is 41.9 Å². The van der Waals surface area contributed by atoms with Gasteiger partial charge in [-0.2, -0.15) is 0 Å². The SMILES string of the molecule is [O-][s+]1cccc1-c1ccccn1. The average Bonchev–Trinajstić information content (AvgIpc) is 2.53. The Morgan fingerprint density at radius 1 is 1.17 bits per heavy atom. The van der Waals surface area contributed by atoms with Crippen LogP contribution in [-0.4, -0.2) is 9.54 Å². The second kappa shape index (κ2) is 3.05. The van der Waals surface area contributed by atoms with Crippen molar-refractivity contribution < 1.29 is 4.55 Å². The Bertz CT molecular complexity index is 369. The van der Waals surface area contributed by atoms with Crippen molar-refractivity contribution in [1.82, 2.24) is 4.98 Å². The molecular formula is C9H7NOS. The quantitative estimate of drug-likeness (QED) is 0.627. The summed E-state index contributed by atoms with van der Waals surface area (Å²) in [6, 6.07) is 9.21. The number of hydrogen-bond donors (Lipinski definition) is 0. The minimum absolute atomic E-state index is 0.788. The molecule has 0 N–H and O–H groups in total. The van der Waals surface area contributed by atoms with E-state index in [0.29, 0.717) is 0 Å². The molecule has 60 valence electrons. The lowest BCUT2D eigenvalue weighted by Gasteiger charge is -1.94. The van der Waals surface area contributed by atoms with Crippen molar-refractivity contribution in [2.24, 2.45) is 0 Å². The second-order valence-electron chi connectivity index (χ2n) is 2.37. The number of thiophene rings is 1. The average molecular weight is 177 g/mol. The Morgan fingerprint density at radius 2 is 2.08 bits per heavy atom. The molecule has 0 fully saturated rings. The first kappa shape index (κ1) is 7.46. The van der Waals surface area contributed by atoms with Gasteiger partial charge >= 0.3 is 0 Å².